The van der Waals surface area contributed by atoms with E-state index in [1.54, 1.807) is 6.92 Å². The van der Waals surface area contributed by atoms with Gasteiger partial charge in [0.2, 0.25) is 0 Å². The van der Waals surface area contributed by atoms with Crippen molar-refractivity contribution in [2.75, 3.05) is 13.1 Å². The summed E-state index contributed by atoms with van der Waals surface area (Å²) in [5.41, 5.74) is 1.36. The van der Waals surface area contributed by atoms with Crippen LogP contribution in [0.4, 0.5) is 0 Å². The molecule has 0 bridgehead atoms. The average Bonchev–Trinajstić information content (AvgIpc) is 2.24. The molecule has 2 nitrogen and oxygen atoms in total. The van der Waals surface area contributed by atoms with Gasteiger partial charge in [-0.1, -0.05) is 41.9 Å². The van der Waals surface area contributed by atoms with Crippen molar-refractivity contribution < 1.29 is 4.79 Å². The molecule has 1 aromatic rings. The summed E-state index contributed by atoms with van der Waals surface area (Å²) in [5.74, 6) is 0.234. The highest BCUT2D eigenvalue weighted by Gasteiger charge is 2.19. The molecule has 0 fully saturated rings. The quantitative estimate of drug-likeness (QED) is 0.817. The van der Waals surface area contributed by atoms with Crippen LogP contribution in [0.15, 0.2) is 28.7 Å². The molecule has 0 aliphatic rings. The lowest BCUT2D eigenvalue weighted by molar-refractivity contribution is -0.116. The van der Waals surface area contributed by atoms with Crippen LogP contribution in [0, 0.1) is 0 Å². The second-order valence-electron chi connectivity index (χ2n) is 5.02. The molecule has 0 saturated heterocycles. The van der Waals surface area contributed by atoms with E-state index < -0.39 is 0 Å². The van der Waals surface area contributed by atoms with Gasteiger partial charge in [0.1, 0.15) is 5.78 Å². The second-order valence-corrected chi connectivity index (χ2v) is 5.94. The van der Waals surface area contributed by atoms with Crippen LogP contribution in [-0.4, -0.2) is 18.9 Å². The van der Waals surface area contributed by atoms with E-state index in [2.05, 4.69) is 53.3 Å². The van der Waals surface area contributed by atoms with Crippen LogP contribution in [0.2, 0.25) is 0 Å². The van der Waals surface area contributed by atoms with Gasteiger partial charge in [-0.05, 0) is 24.6 Å². The van der Waals surface area contributed by atoms with Crippen LogP contribution < -0.4 is 5.32 Å². The number of ketones is 1. The van der Waals surface area contributed by atoms with Crippen molar-refractivity contribution in [1.29, 1.82) is 0 Å². The van der Waals surface area contributed by atoms with E-state index in [1.165, 1.54) is 5.56 Å². The first-order chi connectivity index (χ1) is 7.92. The standard InChI is InChI=1S/C14H20BrNO/c1-11(17)7-8-16-10-14(2,3)12-5-4-6-13(15)9-12/h4-6,9,16H,7-8,10H2,1-3H3. The first kappa shape index (κ1) is 14.4. The molecule has 0 spiro atoms. The number of rotatable bonds is 6. The largest absolute Gasteiger partial charge is 0.315 e. The summed E-state index contributed by atoms with van der Waals surface area (Å²) >= 11 is 3.49. The summed E-state index contributed by atoms with van der Waals surface area (Å²) in [6.45, 7) is 7.66. The summed E-state index contributed by atoms with van der Waals surface area (Å²) in [6.07, 6.45) is 0.606. The molecule has 0 amide bonds. The van der Waals surface area contributed by atoms with Crippen LogP contribution in [0.25, 0.3) is 0 Å². The average molecular weight is 298 g/mol. The third-order valence-electron chi connectivity index (χ3n) is 2.83. The molecule has 3 heteroatoms. The maximum Gasteiger partial charge on any atom is 0.131 e. The zero-order chi connectivity index (χ0) is 12.9. The Balaban J connectivity index is 2.53. The minimum absolute atomic E-state index is 0.0700. The number of carbonyl (C=O) groups is 1. The summed E-state index contributed by atoms with van der Waals surface area (Å²) in [6, 6.07) is 8.36. The molecule has 0 aliphatic carbocycles. The van der Waals surface area contributed by atoms with Crippen molar-refractivity contribution in [2.24, 2.45) is 0 Å². The maximum absolute atomic E-state index is 10.8. The zero-order valence-corrected chi connectivity index (χ0v) is 12.3. The fourth-order valence-corrected chi connectivity index (χ4v) is 2.08. The van der Waals surface area contributed by atoms with Gasteiger partial charge in [-0.25, -0.2) is 0 Å². The molecule has 0 aromatic heterocycles. The molecular formula is C14H20BrNO. The number of hydrogen-bond donors (Lipinski definition) is 1. The summed E-state index contributed by atoms with van der Waals surface area (Å²) in [7, 11) is 0. The highest BCUT2D eigenvalue weighted by molar-refractivity contribution is 9.10. The molecule has 0 atom stereocenters. The Morgan fingerprint density at radius 3 is 2.71 bits per heavy atom. The zero-order valence-electron chi connectivity index (χ0n) is 10.7. The smallest absolute Gasteiger partial charge is 0.131 e. The minimum atomic E-state index is 0.0700. The molecule has 1 aromatic carbocycles. The SMILES string of the molecule is CC(=O)CCNCC(C)(C)c1cccc(Br)c1. The predicted molar refractivity (Wildman–Crippen MR) is 75.3 cm³/mol. The van der Waals surface area contributed by atoms with Crippen molar-refractivity contribution in [3.8, 4) is 0 Å². The predicted octanol–water partition coefficient (Wildman–Crippen LogP) is 3.30. The van der Waals surface area contributed by atoms with E-state index in [-0.39, 0.29) is 11.2 Å². The van der Waals surface area contributed by atoms with Gasteiger partial charge in [-0.15, -0.1) is 0 Å². The Morgan fingerprint density at radius 1 is 1.41 bits per heavy atom. The minimum Gasteiger partial charge on any atom is -0.315 e. The number of carbonyl (C=O) groups excluding carboxylic acids is 1. The molecule has 1 rings (SSSR count). The lowest BCUT2D eigenvalue weighted by Gasteiger charge is -2.26. The Kier molecular flexibility index (Phi) is 5.34. The van der Waals surface area contributed by atoms with E-state index in [9.17, 15) is 4.79 Å². The number of Topliss-reactive ketones (excluding diaryl/α,β-unsaturated/α-hetero) is 1. The van der Waals surface area contributed by atoms with Gasteiger partial charge in [0.25, 0.3) is 0 Å². The van der Waals surface area contributed by atoms with Crippen LogP contribution in [0.1, 0.15) is 32.8 Å². The normalized spacial score (nSPS) is 11.5. The van der Waals surface area contributed by atoms with E-state index in [0.29, 0.717) is 6.42 Å². The third-order valence-corrected chi connectivity index (χ3v) is 3.32. The van der Waals surface area contributed by atoms with Crippen LogP contribution >= 0.6 is 15.9 Å². The third kappa shape index (κ3) is 5.00. The molecule has 1 N–H and O–H groups in total. The molecular weight excluding hydrogens is 278 g/mol. The van der Waals surface area contributed by atoms with Gasteiger partial charge in [-0.3, -0.25) is 4.79 Å². The van der Waals surface area contributed by atoms with Gasteiger partial charge >= 0.3 is 0 Å². The fourth-order valence-electron chi connectivity index (χ4n) is 1.68. The first-order valence-corrected chi connectivity index (χ1v) is 6.67. The maximum atomic E-state index is 10.8. The van der Waals surface area contributed by atoms with Crippen molar-refractivity contribution in [2.45, 2.75) is 32.6 Å². The molecule has 17 heavy (non-hydrogen) atoms. The Hall–Kier alpha value is -0.670. The Morgan fingerprint density at radius 2 is 2.12 bits per heavy atom. The number of nitrogens with one attached hydrogen (secondary N) is 1. The van der Waals surface area contributed by atoms with Crippen molar-refractivity contribution in [1.82, 2.24) is 5.32 Å². The number of hydrogen-bond acceptors (Lipinski definition) is 2. The summed E-state index contributed by atoms with van der Waals surface area (Å²) in [4.78, 5) is 10.8. The lowest BCUT2D eigenvalue weighted by Crippen LogP contribution is -2.33. The van der Waals surface area contributed by atoms with Crippen LogP contribution in [-0.2, 0) is 10.2 Å². The van der Waals surface area contributed by atoms with Crippen LogP contribution in [0.3, 0.4) is 0 Å². The van der Waals surface area contributed by atoms with Gasteiger partial charge in [0, 0.05) is 29.4 Å². The van der Waals surface area contributed by atoms with Crippen molar-refractivity contribution in [3.05, 3.63) is 34.3 Å². The van der Waals surface area contributed by atoms with E-state index >= 15 is 0 Å². The number of benzene rings is 1. The van der Waals surface area contributed by atoms with Gasteiger partial charge < -0.3 is 5.32 Å². The fraction of sp³-hybridized carbons (Fsp3) is 0.500. The topological polar surface area (TPSA) is 29.1 Å². The first-order valence-electron chi connectivity index (χ1n) is 5.88. The molecule has 0 unspecified atom stereocenters. The Bertz CT molecular complexity index is 388. The molecule has 0 aliphatic heterocycles. The van der Waals surface area contributed by atoms with E-state index in [1.807, 2.05) is 6.07 Å². The second kappa shape index (κ2) is 6.31. The van der Waals surface area contributed by atoms with Gasteiger partial charge in [-0.2, -0.15) is 0 Å². The van der Waals surface area contributed by atoms with Gasteiger partial charge in [0.15, 0.2) is 0 Å². The highest BCUT2D eigenvalue weighted by Crippen LogP contribution is 2.24. The van der Waals surface area contributed by atoms with Crippen molar-refractivity contribution in [3.63, 3.8) is 0 Å². The lowest BCUT2D eigenvalue weighted by atomic mass is 9.84. The van der Waals surface area contributed by atoms with Gasteiger partial charge in [0.05, 0.1) is 0 Å². The number of halogens is 1. The van der Waals surface area contributed by atoms with E-state index in [4.69, 9.17) is 0 Å². The molecule has 0 radical (unpaired) electrons. The van der Waals surface area contributed by atoms with E-state index in [0.717, 1.165) is 17.6 Å². The molecule has 94 valence electrons. The highest BCUT2D eigenvalue weighted by atomic mass is 79.9. The van der Waals surface area contributed by atoms with Crippen molar-refractivity contribution >= 4 is 21.7 Å². The Labute approximate surface area is 112 Å². The monoisotopic (exact) mass is 297 g/mol. The summed E-state index contributed by atoms with van der Waals surface area (Å²) < 4.78 is 1.10. The molecule has 0 saturated carbocycles. The van der Waals surface area contributed by atoms with Crippen LogP contribution in [0.5, 0.6) is 0 Å². The molecule has 0 heterocycles. The summed E-state index contributed by atoms with van der Waals surface area (Å²) in [5, 5.41) is 3.34.